The molecule has 11 heteroatoms. The Morgan fingerprint density at radius 2 is 1.42 bits per heavy atom. The van der Waals surface area contributed by atoms with Gasteiger partial charge in [-0.3, -0.25) is 9.59 Å². The van der Waals surface area contributed by atoms with Crippen LogP contribution in [0.15, 0.2) is 114 Å². The van der Waals surface area contributed by atoms with Gasteiger partial charge in [-0.2, -0.15) is 13.7 Å². The first-order valence-corrected chi connectivity index (χ1v) is 15.0. The van der Waals surface area contributed by atoms with E-state index in [0.717, 1.165) is 10.2 Å². The summed E-state index contributed by atoms with van der Waals surface area (Å²) in [6.45, 7) is 2.10. The Labute approximate surface area is 250 Å². The van der Waals surface area contributed by atoms with Crippen molar-refractivity contribution in [2.75, 3.05) is 42.1 Å². The average Bonchev–Trinajstić information content (AvgIpc) is 3.07. The number of amides is 2. The second-order valence-electron chi connectivity index (χ2n) is 9.71. The van der Waals surface area contributed by atoms with Gasteiger partial charge in [0.05, 0.1) is 28.8 Å². The molecular formula is C32H29N5O5S. The number of sulfonamides is 1. The van der Waals surface area contributed by atoms with E-state index in [1.165, 1.54) is 24.3 Å². The Kier molecular flexibility index (Phi) is 8.88. The van der Waals surface area contributed by atoms with Gasteiger partial charge in [0.15, 0.2) is 5.75 Å². The van der Waals surface area contributed by atoms with Crippen LogP contribution in [0.4, 0.5) is 11.4 Å². The lowest BCUT2D eigenvalue weighted by Gasteiger charge is -2.36. The van der Waals surface area contributed by atoms with Gasteiger partial charge in [-0.25, -0.2) is 0 Å². The first-order valence-electron chi connectivity index (χ1n) is 13.6. The molecule has 0 unspecified atom stereocenters. The summed E-state index contributed by atoms with van der Waals surface area (Å²) >= 11 is 0. The SMILES string of the molecule is N#Cc1ccc(N2CCN(C(=O)CNC(=O)c3ccc(S(=O)(=O)N(Oc4ccccc4)c4ccccc4)cc3)CC2)cc1. The fourth-order valence-electron chi connectivity index (χ4n) is 4.57. The van der Waals surface area contributed by atoms with Gasteiger partial charge >= 0.3 is 0 Å². The minimum absolute atomic E-state index is 0.0694. The van der Waals surface area contributed by atoms with E-state index in [0.29, 0.717) is 43.2 Å². The number of piperazine rings is 1. The Morgan fingerprint density at radius 3 is 2.02 bits per heavy atom. The highest BCUT2D eigenvalue weighted by molar-refractivity contribution is 7.92. The summed E-state index contributed by atoms with van der Waals surface area (Å²) in [6.07, 6.45) is 0. The van der Waals surface area contributed by atoms with Crippen molar-refractivity contribution in [1.82, 2.24) is 10.2 Å². The van der Waals surface area contributed by atoms with E-state index in [4.69, 9.17) is 10.1 Å². The molecule has 4 aromatic rings. The molecule has 2 amide bonds. The number of rotatable bonds is 9. The van der Waals surface area contributed by atoms with E-state index in [2.05, 4.69) is 16.3 Å². The van der Waals surface area contributed by atoms with Gasteiger partial charge < -0.3 is 20.0 Å². The highest BCUT2D eigenvalue weighted by Crippen LogP contribution is 2.26. The van der Waals surface area contributed by atoms with Crippen LogP contribution in [0.3, 0.4) is 0 Å². The minimum atomic E-state index is -4.16. The molecule has 1 saturated heterocycles. The summed E-state index contributed by atoms with van der Waals surface area (Å²) in [4.78, 5) is 35.1. The van der Waals surface area contributed by atoms with Crippen LogP contribution >= 0.6 is 0 Å². The second kappa shape index (κ2) is 13.1. The molecule has 4 aromatic carbocycles. The third-order valence-corrected chi connectivity index (χ3v) is 8.52. The number of hydrogen-bond donors (Lipinski definition) is 1. The van der Waals surface area contributed by atoms with Crippen LogP contribution in [0.1, 0.15) is 15.9 Å². The van der Waals surface area contributed by atoms with Crippen molar-refractivity contribution in [2.24, 2.45) is 0 Å². The Morgan fingerprint density at radius 1 is 0.814 bits per heavy atom. The summed E-state index contributed by atoms with van der Waals surface area (Å²) in [5.74, 6) is -0.358. The number of nitrogens with zero attached hydrogens (tertiary/aromatic N) is 4. The Hall–Kier alpha value is -5.34. The van der Waals surface area contributed by atoms with E-state index in [1.54, 1.807) is 77.7 Å². The molecule has 0 bridgehead atoms. The van der Waals surface area contributed by atoms with Crippen molar-refractivity contribution in [3.05, 3.63) is 120 Å². The lowest BCUT2D eigenvalue weighted by molar-refractivity contribution is -0.130. The zero-order valence-electron chi connectivity index (χ0n) is 23.2. The molecule has 218 valence electrons. The summed E-state index contributed by atoms with van der Waals surface area (Å²) in [7, 11) is -4.16. The Balaban J connectivity index is 1.18. The molecule has 5 rings (SSSR count). The number of benzene rings is 4. The topological polar surface area (TPSA) is 123 Å². The van der Waals surface area contributed by atoms with Crippen LogP contribution < -0.4 is 19.5 Å². The van der Waals surface area contributed by atoms with Gasteiger partial charge in [-0.15, -0.1) is 0 Å². The third-order valence-electron chi connectivity index (χ3n) is 6.93. The van der Waals surface area contributed by atoms with Gasteiger partial charge in [-0.1, -0.05) is 40.9 Å². The predicted octanol–water partition coefficient (Wildman–Crippen LogP) is 3.83. The van der Waals surface area contributed by atoms with Gasteiger partial charge in [-0.05, 0) is 72.8 Å². The zero-order valence-corrected chi connectivity index (χ0v) is 24.0. The van der Waals surface area contributed by atoms with Crippen LogP contribution in [0.25, 0.3) is 0 Å². The first-order chi connectivity index (χ1) is 20.8. The number of nitriles is 1. The van der Waals surface area contributed by atoms with Crippen molar-refractivity contribution >= 4 is 33.2 Å². The molecule has 0 aromatic heterocycles. The number of nitrogens with one attached hydrogen (secondary N) is 1. The molecule has 10 nitrogen and oxygen atoms in total. The molecule has 0 saturated carbocycles. The summed E-state index contributed by atoms with van der Waals surface area (Å²) in [6, 6.07) is 31.9. The molecule has 0 radical (unpaired) electrons. The quantitative estimate of drug-likeness (QED) is 0.292. The molecule has 1 heterocycles. The smallest absolute Gasteiger partial charge is 0.295 e. The average molecular weight is 596 g/mol. The largest absolute Gasteiger partial charge is 0.368 e. The fourth-order valence-corrected chi connectivity index (χ4v) is 5.83. The number of hydrogen-bond acceptors (Lipinski definition) is 7. The maximum absolute atomic E-state index is 13.6. The highest BCUT2D eigenvalue weighted by Gasteiger charge is 2.28. The zero-order chi connectivity index (χ0) is 30.2. The first kappa shape index (κ1) is 29.2. The van der Waals surface area contributed by atoms with Crippen molar-refractivity contribution in [2.45, 2.75) is 4.90 Å². The van der Waals surface area contributed by atoms with Crippen LogP contribution in [0.2, 0.25) is 0 Å². The molecule has 43 heavy (non-hydrogen) atoms. The molecule has 1 fully saturated rings. The number of anilines is 2. The van der Waals surface area contributed by atoms with Crippen molar-refractivity contribution in [3.8, 4) is 11.8 Å². The van der Waals surface area contributed by atoms with Gasteiger partial charge in [0.25, 0.3) is 15.9 Å². The molecule has 0 atom stereocenters. The normalized spacial score (nSPS) is 13.1. The maximum Gasteiger partial charge on any atom is 0.295 e. The molecular weight excluding hydrogens is 566 g/mol. The van der Waals surface area contributed by atoms with Crippen LogP contribution in [0, 0.1) is 11.3 Å². The van der Waals surface area contributed by atoms with E-state index >= 15 is 0 Å². The van der Waals surface area contributed by atoms with Crippen LogP contribution in [0.5, 0.6) is 5.75 Å². The maximum atomic E-state index is 13.6. The fraction of sp³-hybridized carbons (Fsp3) is 0.156. The summed E-state index contributed by atoms with van der Waals surface area (Å²) < 4.78 is 28.0. The molecule has 0 spiro atoms. The minimum Gasteiger partial charge on any atom is -0.368 e. The second-order valence-corrected chi connectivity index (χ2v) is 11.5. The molecule has 1 N–H and O–H groups in total. The predicted molar refractivity (Wildman–Crippen MR) is 162 cm³/mol. The van der Waals surface area contributed by atoms with Crippen LogP contribution in [-0.4, -0.2) is 57.9 Å². The van der Waals surface area contributed by atoms with E-state index in [1.807, 2.05) is 12.1 Å². The van der Waals surface area contributed by atoms with Crippen LogP contribution in [-0.2, 0) is 14.8 Å². The van der Waals surface area contributed by atoms with Gasteiger partial charge in [0.1, 0.15) is 0 Å². The van der Waals surface area contributed by atoms with E-state index in [-0.39, 0.29) is 22.9 Å². The van der Waals surface area contributed by atoms with Crippen molar-refractivity contribution in [1.29, 1.82) is 5.26 Å². The third kappa shape index (κ3) is 6.94. The number of para-hydroxylation sites is 2. The van der Waals surface area contributed by atoms with Crippen molar-refractivity contribution < 1.29 is 22.8 Å². The number of carbonyl (C=O) groups is 2. The Bertz CT molecular complexity index is 1700. The molecule has 0 aliphatic carbocycles. The van der Waals surface area contributed by atoms with Gasteiger partial charge in [0.2, 0.25) is 5.91 Å². The number of carbonyl (C=O) groups excluding carboxylic acids is 2. The standard InChI is InChI=1S/C32H29N5O5S/c33-23-25-11-15-27(16-12-25)35-19-21-36(22-20-35)31(38)24-34-32(39)26-13-17-30(18-14-26)43(40,41)37(28-7-3-1-4-8-28)42-29-9-5-2-6-10-29/h1-18H,19-22,24H2,(H,34,39). The van der Waals surface area contributed by atoms with E-state index in [9.17, 15) is 18.0 Å². The van der Waals surface area contributed by atoms with Crippen molar-refractivity contribution in [3.63, 3.8) is 0 Å². The van der Waals surface area contributed by atoms with E-state index < -0.39 is 15.9 Å². The van der Waals surface area contributed by atoms with Gasteiger partial charge in [0, 0.05) is 37.4 Å². The monoisotopic (exact) mass is 595 g/mol. The molecule has 1 aliphatic heterocycles. The summed E-state index contributed by atoms with van der Waals surface area (Å²) in [5.41, 5.74) is 2.11. The molecule has 1 aliphatic rings. The summed E-state index contributed by atoms with van der Waals surface area (Å²) in [5, 5.41) is 11.6. The lowest BCUT2D eigenvalue weighted by Crippen LogP contribution is -2.51. The lowest BCUT2D eigenvalue weighted by atomic mass is 10.2. The highest BCUT2D eigenvalue weighted by atomic mass is 32.2.